The van der Waals surface area contributed by atoms with Crippen molar-refractivity contribution in [2.24, 2.45) is 0 Å². The zero-order valence-corrected chi connectivity index (χ0v) is 21.3. The summed E-state index contributed by atoms with van der Waals surface area (Å²) >= 11 is 0. The SMILES string of the molecule is CCc1ccc2c(c1)C(C)(C)c1cc(Cc3ccc4c(c3)C(C)(C)c3cc(C)ccc3-4)ccc1-2. The first-order valence-electron chi connectivity index (χ1n) is 12.7. The van der Waals surface area contributed by atoms with Gasteiger partial charge in [0.2, 0.25) is 0 Å². The summed E-state index contributed by atoms with van der Waals surface area (Å²) in [7, 11) is 0. The van der Waals surface area contributed by atoms with Crippen molar-refractivity contribution >= 4 is 0 Å². The Bertz CT molecular complexity index is 1460. The minimum Gasteiger partial charge on any atom is -0.0613 e. The van der Waals surface area contributed by atoms with E-state index in [1.165, 1.54) is 66.8 Å². The smallest absolute Gasteiger partial charge is 0.0159 e. The molecule has 0 nitrogen and oxygen atoms in total. The van der Waals surface area contributed by atoms with Gasteiger partial charge in [0.1, 0.15) is 0 Å². The van der Waals surface area contributed by atoms with Crippen molar-refractivity contribution in [3.8, 4) is 22.3 Å². The molecule has 0 amide bonds. The molecule has 2 aliphatic carbocycles. The standard InChI is InChI=1S/C34H34/c1-7-22-9-13-26-28-15-11-24(20-32(28)34(5,6)30(26)18-22)17-23-10-14-27-25-12-8-21(2)16-29(25)33(3,4)31(27)19-23/h8-16,18-20H,7,17H2,1-6H3. The van der Waals surface area contributed by atoms with Crippen molar-refractivity contribution in [1.82, 2.24) is 0 Å². The number of rotatable bonds is 3. The van der Waals surface area contributed by atoms with Crippen LogP contribution in [0.25, 0.3) is 22.3 Å². The molecule has 0 bridgehead atoms. The molecule has 0 saturated carbocycles. The van der Waals surface area contributed by atoms with Gasteiger partial charge in [0, 0.05) is 10.8 Å². The van der Waals surface area contributed by atoms with E-state index in [9.17, 15) is 0 Å². The molecule has 0 spiro atoms. The maximum absolute atomic E-state index is 2.47. The normalized spacial score (nSPS) is 16.1. The van der Waals surface area contributed by atoms with Crippen LogP contribution in [0.1, 0.15) is 79.1 Å². The van der Waals surface area contributed by atoms with Crippen molar-refractivity contribution in [2.45, 2.75) is 65.2 Å². The van der Waals surface area contributed by atoms with Crippen molar-refractivity contribution in [3.63, 3.8) is 0 Å². The Morgan fingerprint density at radius 1 is 0.500 bits per heavy atom. The van der Waals surface area contributed by atoms with E-state index in [1.54, 1.807) is 0 Å². The molecule has 0 fully saturated rings. The Morgan fingerprint density at radius 2 is 0.882 bits per heavy atom. The molecule has 6 rings (SSSR count). The molecule has 0 radical (unpaired) electrons. The summed E-state index contributed by atoms with van der Waals surface area (Å²) < 4.78 is 0. The van der Waals surface area contributed by atoms with Crippen molar-refractivity contribution in [1.29, 1.82) is 0 Å². The van der Waals surface area contributed by atoms with Gasteiger partial charge in [0.05, 0.1) is 0 Å². The number of hydrogen-bond donors (Lipinski definition) is 0. The van der Waals surface area contributed by atoms with Crippen LogP contribution < -0.4 is 0 Å². The lowest BCUT2D eigenvalue weighted by Gasteiger charge is -2.23. The zero-order valence-electron chi connectivity index (χ0n) is 21.3. The molecule has 4 aromatic carbocycles. The molecule has 0 unspecified atom stereocenters. The highest BCUT2D eigenvalue weighted by atomic mass is 14.4. The summed E-state index contributed by atoms with van der Waals surface area (Å²) in [4.78, 5) is 0. The molecule has 0 saturated heterocycles. The van der Waals surface area contributed by atoms with Crippen LogP contribution in [0, 0.1) is 6.92 Å². The maximum atomic E-state index is 2.47. The Kier molecular flexibility index (Phi) is 4.53. The number of hydrogen-bond acceptors (Lipinski definition) is 0. The highest BCUT2D eigenvalue weighted by Gasteiger charge is 2.37. The van der Waals surface area contributed by atoms with Gasteiger partial charge in [-0.15, -0.1) is 0 Å². The maximum Gasteiger partial charge on any atom is 0.0159 e. The molecule has 2 aliphatic rings. The molecule has 170 valence electrons. The van der Waals surface area contributed by atoms with E-state index >= 15 is 0 Å². The third-order valence-electron chi connectivity index (χ3n) is 8.52. The van der Waals surface area contributed by atoms with Gasteiger partial charge in [0.15, 0.2) is 0 Å². The number of aryl methyl sites for hydroxylation is 2. The molecule has 34 heavy (non-hydrogen) atoms. The second-order valence-electron chi connectivity index (χ2n) is 11.5. The first-order valence-corrected chi connectivity index (χ1v) is 12.7. The first kappa shape index (κ1) is 21.4. The van der Waals surface area contributed by atoms with Crippen LogP contribution in [-0.4, -0.2) is 0 Å². The van der Waals surface area contributed by atoms with Gasteiger partial charge in [-0.2, -0.15) is 0 Å². The molecule has 0 aliphatic heterocycles. The van der Waals surface area contributed by atoms with Crippen LogP contribution >= 0.6 is 0 Å². The molecule has 0 aromatic heterocycles. The fraction of sp³-hybridized carbons (Fsp3) is 0.294. The van der Waals surface area contributed by atoms with Crippen LogP contribution in [0.5, 0.6) is 0 Å². The fourth-order valence-corrected chi connectivity index (χ4v) is 6.41. The van der Waals surface area contributed by atoms with E-state index in [0.29, 0.717) is 0 Å². The van der Waals surface area contributed by atoms with E-state index < -0.39 is 0 Å². The summed E-state index contributed by atoms with van der Waals surface area (Å²) in [5.41, 5.74) is 17.2. The quantitative estimate of drug-likeness (QED) is 0.297. The summed E-state index contributed by atoms with van der Waals surface area (Å²) in [5, 5.41) is 0. The van der Waals surface area contributed by atoms with Crippen LogP contribution in [0.2, 0.25) is 0 Å². The van der Waals surface area contributed by atoms with Crippen LogP contribution in [0.15, 0.2) is 72.8 Å². The molecular formula is C34H34. The molecule has 0 N–H and O–H groups in total. The monoisotopic (exact) mass is 442 g/mol. The van der Waals surface area contributed by atoms with Gasteiger partial charge in [-0.25, -0.2) is 0 Å². The van der Waals surface area contributed by atoms with E-state index in [2.05, 4.69) is 114 Å². The average Bonchev–Trinajstić information content (AvgIpc) is 3.18. The first-order chi connectivity index (χ1) is 16.2. The van der Waals surface area contributed by atoms with Gasteiger partial charge in [-0.3, -0.25) is 0 Å². The predicted octanol–water partition coefficient (Wildman–Crippen LogP) is 8.76. The third kappa shape index (κ3) is 2.97. The predicted molar refractivity (Wildman–Crippen MR) is 145 cm³/mol. The lowest BCUT2D eigenvalue weighted by molar-refractivity contribution is 0.657. The van der Waals surface area contributed by atoms with Crippen molar-refractivity contribution in [2.75, 3.05) is 0 Å². The van der Waals surface area contributed by atoms with Crippen molar-refractivity contribution < 1.29 is 0 Å². The Balaban J connectivity index is 1.37. The Morgan fingerprint density at radius 3 is 1.35 bits per heavy atom. The molecule has 0 heterocycles. The minimum absolute atomic E-state index is 0.0469. The Hall–Kier alpha value is -3.12. The topological polar surface area (TPSA) is 0 Å². The highest BCUT2D eigenvalue weighted by Crippen LogP contribution is 2.50. The molecule has 4 aromatic rings. The third-order valence-corrected chi connectivity index (χ3v) is 8.52. The van der Waals surface area contributed by atoms with E-state index in [1.807, 2.05) is 0 Å². The summed E-state index contributed by atoms with van der Waals surface area (Å²) in [5.74, 6) is 0. The van der Waals surface area contributed by atoms with Gasteiger partial charge in [-0.05, 0) is 81.0 Å². The second-order valence-corrected chi connectivity index (χ2v) is 11.5. The lowest BCUT2D eigenvalue weighted by atomic mass is 9.80. The Labute approximate surface area is 204 Å². The van der Waals surface area contributed by atoms with Gasteiger partial charge < -0.3 is 0 Å². The lowest BCUT2D eigenvalue weighted by Crippen LogP contribution is -2.16. The van der Waals surface area contributed by atoms with E-state index in [4.69, 9.17) is 0 Å². The number of fused-ring (bicyclic) bond motifs is 6. The average molecular weight is 443 g/mol. The summed E-state index contributed by atoms with van der Waals surface area (Å²) in [6, 6.07) is 28.3. The largest absolute Gasteiger partial charge is 0.0613 e. The fourth-order valence-electron chi connectivity index (χ4n) is 6.41. The van der Waals surface area contributed by atoms with Crippen LogP contribution in [-0.2, 0) is 23.7 Å². The molecule has 0 heteroatoms. The summed E-state index contributed by atoms with van der Waals surface area (Å²) in [6.07, 6.45) is 2.06. The van der Waals surface area contributed by atoms with Crippen LogP contribution in [0.3, 0.4) is 0 Å². The zero-order chi connectivity index (χ0) is 23.8. The van der Waals surface area contributed by atoms with Gasteiger partial charge >= 0.3 is 0 Å². The summed E-state index contributed by atoms with van der Waals surface area (Å²) in [6.45, 7) is 14.0. The van der Waals surface area contributed by atoms with Gasteiger partial charge in [0.25, 0.3) is 0 Å². The molecular weight excluding hydrogens is 408 g/mol. The second kappa shape index (κ2) is 7.19. The molecule has 0 atom stereocenters. The number of benzene rings is 4. The minimum atomic E-state index is 0.0469. The van der Waals surface area contributed by atoms with E-state index in [-0.39, 0.29) is 10.8 Å². The van der Waals surface area contributed by atoms with E-state index in [0.717, 1.165) is 12.8 Å². The highest BCUT2D eigenvalue weighted by molar-refractivity contribution is 5.82. The van der Waals surface area contributed by atoms with Crippen molar-refractivity contribution in [3.05, 3.63) is 117 Å². The van der Waals surface area contributed by atoms with Crippen LogP contribution in [0.4, 0.5) is 0 Å². The van der Waals surface area contributed by atoms with Gasteiger partial charge in [-0.1, -0.05) is 113 Å².